The van der Waals surface area contributed by atoms with Gasteiger partial charge < -0.3 is 10.4 Å². The molecule has 27 heavy (non-hydrogen) atoms. The molecule has 1 saturated carbocycles. The normalized spacial score (nSPS) is 16.4. The van der Waals surface area contributed by atoms with Crippen LogP contribution in [-0.4, -0.2) is 48.3 Å². The lowest BCUT2D eigenvalue weighted by atomic mass is 9.92. The molecule has 150 valence electrons. The number of sulfonamides is 1. The topological polar surface area (TPSA) is 104 Å². The number of hydrogen-bond donors (Lipinski definition) is 2. The van der Waals surface area contributed by atoms with E-state index < -0.39 is 27.4 Å². The summed E-state index contributed by atoms with van der Waals surface area (Å²) in [6.45, 7) is 5.95. The first-order chi connectivity index (χ1) is 12.6. The zero-order valence-electron chi connectivity index (χ0n) is 16.1. The van der Waals surface area contributed by atoms with Crippen molar-refractivity contribution >= 4 is 21.9 Å². The van der Waals surface area contributed by atoms with Crippen LogP contribution in [0.2, 0.25) is 0 Å². The average molecular weight is 397 g/mol. The summed E-state index contributed by atoms with van der Waals surface area (Å²) in [6, 6.07) is 4.51. The zero-order chi connectivity index (χ0) is 20.2. The van der Waals surface area contributed by atoms with Crippen molar-refractivity contribution in [1.29, 1.82) is 0 Å². The van der Waals surface area contributed by atoms with Gasteiger partial charge in [-0.1, -0.05) is 32.8 Å². The Morgan fingerprint density at radius 2 is 1.78 bits per heavy atom. The lowest BCUT2D eigenvalue weighted by Crippen LogP contribution is -2.48. The SMILES string of the molecule is CCN(CC)S(=O)(=O)c1ccc(C)c(C(=O)NC2(CC(=O)O)CCCC2)c1. The van der Waals surface area contributed by atoms with Crippen molar-refractivity contribution in [3.05, 3.63) is 29.3 Å². The maximum Gasteiger partial charge on any atom is 0.305 e. The molecule has 1 aliphatic rings. The number of rotatable bonds is 8. The predicted molar refractivity (Wildman–Crippen MR) is 102 cm³/mol. The van der Waals surface area contributed by atoms with Crippen molar-refractivity contribution in [3.63, 3.8) is 0 Å². The molecule has 2 N–H and O–H groups in total. The van der Waals surface area contributed by atoms with Crippen LogP contribution in [-0.2, 0) is 14.8 Å². The minimum Gasteiger partial charge on any atom is -0.481 e. The van der Waals surface area contributed by atoms with Gasteiger partial charge in [-0.05, 0) is 37.5 Å². The highest BCUT2D eigenvalue weighted by molar-refractivity contribution is 7.89. The van der Waals surface area contributed by atoms with Crippen LogP contribution in [0.15, 0.2) is 23.1 Å². The fourth-order valence-corrected chi connectivity index (χ4v) is 5.20. The van der Waals surface area contributed by atoms with Crippen molar-refractivity contribution in [1.82, 2.24) is 9.62 Å². The number of aliphatic carboxylic acids is 1. The van der Waals surface area contributed by atoms with Crippen LogP contribution in [0.5, 0.6) is 0 Å². The largest absolute Gasteiger partial charge is 0.481 e. The Morgan fingerprint density at radius 1 is 1.19 bits per heavy atom. The van der Waals surface area contributed by atoms with Gasteiger partial charge in [-0.3, -0.25) is 9.59 Å². The van der Waals surface area contributed by atoms with Gasteiger partial charge in [0, 0.05) is 18.7 Å². The fraction of sp³-hybridized carbons (Fsp3) is 0.579. The van der Waals surface area contributed by atoms with E-state index in [-0.39, 0.29) is 16.9 Å². The molecule has 0 aliphatic heterocycles. The van der Waals surface area contributed by atoms with Crippen LogP contribution >= 0.6 is 0 Å². The summed E-state index contributed by atoms with van der Waals surface area (Å²) in [5.74, 6) is -1.38. The Balaban J connectivity index is 2.35. The maximum atomic E-state index is 12.9. The smallest absolute Gasteiger partial charge is 0.305 e. The quantitative estimate of drug-likeness (QED) is 0.703. The molecule has 1 amide bonds. The Kier molecular flexibility index (Phi) is 6.64. The highest BCUT2D eigenvalue weighted by Crippen LogP contribution is 2.33. The van der Waals surface area contributed by atoms with Gasteiger partial charge in [0.05, 0.1) is 16.9 Å². The molecule has 1 aromatic rings. The second-order valence-electron chi connectivity index (χ2n) is 7.08. The molecular formula is C19H28N2O5S. The van der Waals surface area contributed by atoms with Gasteiger partial charge >= 0.3 is 5.97 Å². The number of carbonyl (C=O) groups is 2. The van der Waals surface area contributed by atoms with Gasteiger partial charge in [-0.2, -0.15) is 4.31 Å². The molecule has 0 saturated heterocycles. The van der Waals surface area contributed by atoms with E-state index in [1.807, 2.05) is 0 Å². The van der Waals surface area contributed by atoms with Crippen molar-refractivity contribution in [2.45, 2.75) is 63.3 Å². The van der Waals surface area contributed by atoms with Crippen LogP contribution in [0.25, 0.3) is 0 Å². The number of carboxylic acids is 1. The summed E-state index contributed by atoms with van der Waals surface area (Å²) in [5, 5.41) is 12.1. The number of aryl methyl sites for hydroxylation is 1. The molecule has 0 unspecified atom stereocenters. The highest BCUT2D eigenvalue weighted by Gasteiger charge is 2.38. The van der Waals surface area contributed by atoms with E-state index in [0.717, 1.165) is 12.8 Å². The van der Waals surface area contributed by atoms with Gasteiger partial charge in [0.15, 0.2) is 0 Å². The maximum absolute atomic E-state index is 12.9. The Bertz CT molecular complexity index is 809. The lowest BCUT2D eigenvalue weighted by Gasteiger charge is -2.29. The molecule has 1 aliphatic carbocycles. The Hall–Kier alpha value is -1.93. The molecule has 0 bridgehead atoms. The van der Waals surface area contributed by atoms with Gasteiger partial charge in [0.25, 0.3) is 5.91 Å². The monoisotopic (exact) mass is 396 g/mol. The molecule has 7 nitrogen and oxygen atoms in total. The Morgan fingerprint density at radius 3 is 2.30 bits per heavy atom. The van der Waals surface area contributed by atoms with Crippen molar-refractivity contribution in [2.75, 3.05) is 13.1 Å². The third kappa shape index (κ3) is 4.68. The average Bonchev–Trinajstić information content (AvgIpc) is 3.02. The van der Waals surface area contributed by atoms with E-state index in [1.165, 1.54) is 16.4 Å². The number of carboxylic acid groups (broad SMARTS) is 1. The van der Waals surface area contributed by atoms with E-state index in [1.54, 1.807) is 26.8 Å². The summed E-state index contributed by atoms with van der Waals surface area (Å²) in [7, 11) is -3.68. The van der Waals surface area contributed by atoms with E-state index in [0.29, 0.717) is 31.5 Å². The summed E-state index contributed by atoms with van der Waals surface area (Å²) in [5.41, 5.74) is 0.151. The van der Waals surface area contributed by atoms with Crippen LogP contribution in [0.4, 0.5) is 0 Å². The first-order valence-corrected chi connectivity index (χ1v) is 10.7. The van der Waals surface area contributed by atoms with Crippen molar-refractivity contribution in [3.8, 4) is 0 Å². The first kappa shape index (κ1) is 21.4. The van der Waals surface area contributed by atoms with Crippen molar-refractivity contribution < 1.29 is 23.1 Å². The van der Waals surface area contributed by atoms with Crippen molar-refractivity contribution in [2.24, 2.45) is 0 Å². The van der Waals surface area contributed by atoms with Gasteiger partial charge in [-0.25, -0.2) is 8.42 Å². The molecule has 2 rings (SSSR count). The lowest BCUT2D eigenvalue weighted by molar-refractivity contribution is -0.138. The van der Waals surface area contributed by atoms with Gasteiger partial charge in [0.1, 0.15) is 0 Å². The molecule has 1 aromatic carbocycles. The fourth-order valence-electron chi connectivity index (χ4n) is 3.71. The molecule has 0 atom stereocenters. The number of carbonyl (C=O) groups excluding carboxylic acids is 1. The number of nitrogens with one attached hydrogen (secondary N) is 1. The van der Waals surface area contributed by atoms with Crippen LogP contribution < -0.4 is 5.32 Å². The molecule has 0 radical (unpaired) electrons. The molecule has 8 heteroatoms. The summed E-state index contributed by atoms with van der Waals surface area (Å²) < 4.78 is 26.8. The summed E-state index contributed by atoms with van der Waals surface area (Å²) >= 11 is 0. The summed E-state index contributed by atoms with van der Waals surface area (Å²) in [6.07, 6.45) is 2.82. The Labute approximate surface area is 160 Å². The third-order valence-electron chi connectivity index (χ3n) is 5.23. The standard InChI is InChI=1S/C19H28N2O5S/c1-4-21(5-2)27(25,26)15-9-8-14(3)16(12-15)18(24)20-19(13-17(22)23)10-6-7-11-19/h8-9,12H,4-7,10-11,13H2,1-3H3,(H,20,24)(H,22,23). The van der Waals surface area contributed by atoms with Crippen LogP contribution in [0, 0.1) is 6.92 Å². The minimum absolute atomic E-state index is 0.0701. The van der Waals surface area contributed by atoms with E-state index >= 15 is 0 Å². The summed E-state index contributed by atoms with van der Waals surface area (Å²) in [4.78, 5) is 24.2. The third-order valence-corrected chi connectivity index (χ3v) is 7.27. The van der Waals surface area contributed by atoms with Gasteiger partial charge in [0.2, 0.25) is 10.0 Å². The molecule has 0 aromatic heterocycles. The minimum atomic E-state index is -3.68. The molecule has 0 spiro atoms. The van der Waals surface area contributed by atoms with Crippen LogP contribution in [0.3, 0.4) is 0 Å². The second kappa shape index (κ2) is 8.39. The number of benzene rings is 1. The number of amides is 1. The number of nitrogens with zero attached hydrogens (tertiary/aromatic N) is 1. The van der Waals surface area contributed by atoms with Crippen LogP contribution in [0.1, 0.15) is 61.9 Å². The molecular weight excluding hydrogens is 368 g/mol. The predicted octanol–water partition coefficient (Wildman–Crippen LogP) is 2.54. The van der Waals surface area contributed by atoms with E-state index in [4.69, 9.17) is 0 Å². The molecule has 1 fully saturated rings. The highest BCUT2D eigenvalue weighted by atomic mass is 32.2. The second-order valence-corrected chi connectivity index (χ2v) is 9.02. The zero-order valence-corrected chi connectivity index (χ0v) is 16.9. The first-order valence-electron chi connectivity index (χ1n) is 9.30. The van der Waals surface area contributed by atoms with E-state index in [9.17, 15) is 23.1 Å². The number of hydrogen-bond acceptors (Lipinski definition) is 4. The van der Waals surface area contributed by atoms with Gasteiger partial charge in [-0.15, -0.1) is 0 Å². The molecule has 0 heterocycles. The van der Waals surface area contributed by atoms with E-state index in [2.05, 4.69) is 5.32 Å².